The average Bonchev–Trinajstić information content (AvgIpc) is 2.60. The Kier molecular flexibility index (Phi) is 6.65. The van der Waals surface area contributed by atoms with Gasteiger partial charge in [0.25, 0.3) is 5.91 Å². The van der Waals surface area contributed by atoms with Gasteiger partial charge in [-0.15, -0.1) is 0 Å². The van der Waals surface area contributed by atoms with Gasteiger partial charge >= 0.3 is 5.97 Å². The van der Waals surface area contributed by atoms with Gasteiger partial charge in [-0.1, -0.05) is 17.7 Å². The summed E-state index contributed by atoms with van der Waals surface area (Å²) in [6, 6.07) is 13.4. The third-order valence-electron chi connectivity index (χ3n) is 3.19. The van der Waals surface area contributed by atoms with Crippen molar-refractivity contribution >= 4 is 29.2 Å². The van der Waals surface area contributed by atoms with E-state index in [1.54, 1.807) is 55.6 Å². The molecule has 2 aromatic rings. The molecule has 7 heteroatoms. The summed E-state index contributed by atoms with van der Waals surface area (Å²) >= 11 is 5.83. The average molecular weight is 364 g/mol. The molecule has 1 unspecified atom stereocenters. The maximum Gasteiger partial charge on any atom is 0.344 e. The van der Waals surface area contributed by atoms with E-state index in [9.17, 15) is 9.59 Å². The zero-order chi connectivity index (χ0) is 18.2. The smallest absolute Gasteiger partial charge is 0.344 e. The molecule has 0 heterocycles. The number of nitrogens with one attached hydrogen (secondary N) is 1. The van der Waals surface area contributed by atoms with Crippen LogP contribution in [0.15, 0.2) is 48.5 Å². The first-order valence-corrected chi connectivity index (χ1v) is 7.88. The molecular weight excluding hydrogens is 346 g/mol. The first-order valence-electron chi connectivity index (χ1n) is 7.50. The number of hydrogen-bond donors (Lipinski definition) is 1. The zero-order valence-electron chi connectivity index (χ0n) is 13.8. The minimum Gasteiger partial charge on any atom is -0.497 e. The number of methoxy groups -OCH3 is 1. The highest BCUT2D eigenvalue weighted by Gasteiger charge is 2.18. The van der Waals surface area contributed by atoms with Gasteiger partial charge in [0.1, 0.15) is 11.5 Å². The van der Waals surface area contributed by atoms with E-state index in [2.05, 4.69) is 5.32 Å². The minimum absolute atomic E-state index is 0.319. The van der Waals surface area contributed by atoms with E-state index < -0.39 is 18.0 Å². The van der Waals surface area contributed by atoms with Crippen LogP contribution in [0.1, 0.15) is 6.92 Å². The van der Waals surface area contributed by atoms with E-state index in [1.807, 2.05) is 0 Å². The van der Waals surface area contributed by atoms with E-state index >= 15 is 0 Å². The first kappa shape index (κ1) is 18.6. The quantitative estimate of drug-likeness (QED) is 0.764. The normalized spacial score (nSPS) is 11.3. The number of anilines is 1. The fourth-order valence-corrected chi connectivity index (χ4v) is 2.08. The lowest BCUT2D eigenvalue weighted by Crippen LogP contribution is -2.31. The van der Waals surface area contributed by atoms with Crippen LogP contribution >= 0.6 is 11.6 Å². The van der Waals surface area contributed by atoms with E-state index in [0.29, 0.717) is 22.2 Å². The molecule has 0 aliphatic carbocycles. The van der Waals surface area contributed by atoms with Crippen LogP contribution in [-0.2, 0) is 14.3 Å². The second-order valence-corrected chi connectivity index (χ2v) is 5.53. The molecule has 2 aromatic carbocycles. The van der Waals surface area contributed by atoms with E-state index in [4.69, 9.17) is 25.8 Å². The van der Waals surface area contributed by atoms with E-state index in [0.717, 1.165) is 0 Å². The van der Waals surface area contributed by atoms with Gasteiger partial charge in [0.2, 0.25) is 0 Å². The van der Waals surface area contributed by atoms with Gasteiger partial charge in [-0.3, -0.25) is 4.79 Å². The number of ether oxygens (including phenoxy) is 3. The maximum absolute atomic E-state index is 12.0. The number of amides is 1. The van der Waals surface area contributed by atoms with Crippen LogP contribution in [-0.4, -0.2) is 31.7 Å². The molecule has 25 heavy (non-hydrogen) atoms. The molecule has 0 aliphatic heterocycles. The van der Waals surface area contributed by atoms with Crippen molar-refractivity contribution < 1.29 is 23.8 Å². The van der Waals surface area contributed by atoms with E-state index in [-0.39, 0.29) is 6.61 Å². The Morgan fingerprint density at radius 1 is 1.12 bits per heavy atom. The SMILES string of the molecule is COc1ccc(NC(=O)C(C)OC(=O)COc2cccc(Cl)c2)cc1. The van der Waals surface area contributed by atoms with Crippen LogP contribution in [0.2, 0.25) is 5.02 Å². The number of rotatable bonds is 7. The lowest BCUT2D eigenvalue weighted by atomic mass is 10.3. The standard InChI is InChI=1S/C18H18ClNO5/c1-12(18(22)20-14-6-8-15(23-2)9-7-14)25-17(21)11-24-16-5-3-4-13(19)10-16/h3-10,12H,11H2,1-2H3,(H,20,22). The first-order chi connectivity index (χ1) is 12.0. The maximum atomic E-state index is 12.0. The van der Waals surface area contributed by atoms with Crippen molar-refractivity contribution in [3.8, 4) is 11.5 Å². The van der Waals surface area contributed by atoms with Crippen molar-refractivity contribution in [2.24, 2.45) is 0 Å². The molecule has 0 aromatic heterocycles. The minimum atomic E-state index is -0.961. The highest BCUT2D eigenvalue weighted by Crippen LogP contribution is 2.17. The molecule has 0 radical (unpaired) electrons. The van der Waals surface area contributed by atoms with Crippen LogP contribution in [0.3, 0.4) is 0 Å². The van der Waals surface area contributed by atoms with Crippen LogP contribution in [0, 0.1) is 0 Å². The Morgan fingerprint density at radius 3 is 2.48 bits per heavy atom. The zero-order valence-corrected chi connectivity index (χ0v) is 14.6. The van der Waals surface area contributed by atoms with Crippen molar-refractivity contribution in [1.82, 2.24) is 0 Å². The number of carbonyl (C=O) groups excluding carboxylic acids is 2. The predicted molar refractivity (Wildman–Crippen MR) is 94.1 cm³/mol. The fourth-order valence-electron chi connectivity index (χ4n) is 1.90. The van der Waals surface area contributed by atoms with Gasteiger partial charge < -0.3 is 19.5 Å². The Morgan fingerprint density at radius 2 is 1.84 bits per heavy atom. The van der Waals surface area contributed by atoms with Crippen molar-refractivity contribution in [2.75, 3.05) is 19.0 Å². The molecule has 2 rings (SSSR count). The summed E-state index contributed by atoms with van der Waals surface area (Å²) in [5.74, 6) is 0.0223. The second kappa shape index (κ2) is 8.94. The van der Waals surface area contributed by atoms with Crippen LogP contribution < -0.4 is 14.8 Å². The number of halogens is 1. The monoisotopic (exact) mass is 363 g/mol. The van der Waals surface area contributed by atoms with Gasteiger partial charge in [-0.2, -0.15) is 0 Å². The van der Waals surface area contributed by atoms with Gasteiger partial charge in [-0.05, 0) is 49.4 Å². The summed E-state index contributed by atoms with van der Waals surface area (Å²) in [6.07, 6.45) is -0.961. The number of benzene rings is 2. The molecule has 1 atom stereocenters. The lowest BCUT2D eigenvalue weighted by molar-refractivity contribution is -0.155. The molecule has 6 nitrogen and oxygen atoms in total. The Balaban J connectivity index is 1.80. The topological polar surface area (TPSA) is 73.9 Å². The molecule has 0 spiro atoms. The molecule has 0 saturated heterocycles. The largest absolute Gasteiger partial charge is 0.497 e. The van der Waals surface area contributed by atoms with Gasteiger partial charge in [0.05, 0.1) is 7.11 Å². The summed E-state index contributed by atoms with van der Waals surface area (Å²) in [7, 11) is 1.56. The molecule has 0 bridgehead atoms. The summed E-state index contributed by atoms with van der Waals surface area (Å²) in [5.41, 5.74) is 0.573. The molecule has 0 saturated carbocycles. The van der Waals surface area contributed by atoms with Crippen LogP contribution in [0.4, 0.5) is 5.69 Å². The summed E-state index contributed by atoms with van der Waals surface area (Å²) in [4.78, 5) is 23.8. The van der Waals surface area contributed by atoms with Crippen LogP contribution in [0.5, 0.6) is 11.5 Å². The van der Waals surface area contributed by atoms with Crippen molar-refractivity contribution in [3.63, 3.8) is 0 Å². The highest BCUT2D eigenvalue weighted by molar-refractivity contribution is 6.30. The van der Waals surface area contributed by atoms with Gasteiger partial charge in [-0.25, -0.2) is 4.79 Å². The third-order valence-corrected chi connectivity index (χ3v) is 3.42. The number of hydrogen-bond acceptors (Lipinski definition) is 5. The summed E-state index contributed by atoms with van der Waals surface area (Å²) in [5, 5.41) is 3.15. The van der Waals surface area contributed by atoms with E-state index in [1.165, 1.54) is 6.92 Å². The number of esters is 1. The Hall–Kier alpha value is -2.73. The summed E-state index contributed by atoms with van der Waals surface area (Å²) in [6.45, 7) is 1.16. The second-order valence-electron chi connectivity index (χ2n) is 5.10. The lowest BCUT2D eigenvalue weighted by Gasteiger charge is -2.14. The Labute approximate surface area is 150 Å². The summed E-state index contributed by atoms with van der Waals surface area (Å²) < 4.78 is 15.4. The van der Waals surface area contributed by atoms with Gasteiger partial charge in [0, 0.05) is 10.7 Å². The Bertz CT molecular complexity index is 733. The molecule has 0 fully saturated rings. The fraction of sp³-hybridized carbons (Fsp3) is 0.222. The van der Waals surface area contributed by atoms with Crippen molar-refractivity contribution in [1.29, 1.82) is 0 Å². The predicted octanol–water partition coefficient (Wildman–Crippen LogP) is 3.30. The van der Waals surface area contributed by atoms with Crippen LogP contribution in [0.25, 0.3) is 0 Å². The number of carbonyl (C=O) groups is 2. The van der Waals surface area contributed by atoms with Crippen molar-refractivity contribution in [3.05, 3.63) is 53.6 Å². The van der Waals surface area contributed by atoms with Crippen molar-refractivity contribution in [2.45, 2.75) is 13.0 Å². The van der Waals surface area contributed by atoms with Gasteiger partial charge in [0.15, 0.2) is 12.7 Å². The third kappa shape index (κ3) is 6.00. The molecule has 0 aliphatic rings. The molecule has 1 amide bonds. The highest BCUT2D eigenvalue weighted by atomic mass is 35.5. The molecule has 132 valence electrons. The molecule has 1 N–H and O–H groups in total. The molecular formula is C18H18ClNO5.